The Morgan fingerprint density at radius 1 is 1.12 bits per heavy atom. The zero-order valence-corrected chi connectivity index (χ0v) is 10.9. The first-order chi connectivity index (χ1) is 8.38. The summed E-state index contributed by atoms with van der Waals surface area (Å²) in [6, 6.07) is 0. The number of aryl methyl sites for hydroxylation is 1. The molecule has 0 atom stereocenters. The Balaban J connectivity index is 1.99. The van der Waals surface area contributed by atoms with Gasteiger partial charge in [0.25, 0.3) is 0 Å². The summed E-state index contributed by atoms with van der Waals surface area (Å²) >= 11 is 0. The maximum absolute atomic E-state index is 10.7. The standard InChI is InChI=1S/C14H24N2O/c1-2-3-4-5-6-7-8-9-10-16-13-15-11-14(16)12-17/h11-13H,2-10H2,1H3. The number of hydrogen-bond donors (Lipinski definition) is 0. The molecule has 0 aliphatic rings. The summed E-state index contributed by atoms with van der Waals surface area (Å²) in [5.41, 5.74) is 0.688. The lowest BCUT2D eigenvalue weighted by molar-refractivity contribution is 0.111. The Labute approximate surface area is 104 Å². The highest BCUT2D eigenvalue weighted by Crippen LogP contribution is 2.09. The predicted octanol–water partition coefficient (Wildman–Crippen LogP) is 3.84. The van der Waals surface area contributed by atoms with Gasteiger partial charge in [-0.25, -0.2) is 4.98 Å². The Morgan fingerprint density at radius 2 is 1.76 bits per heavy atom. The fraction of sp³-hybridized carbons (Fsp3) is 0.714. The van der Waals surface area contributed by atoms with Crippen LogP contribution < -0.4 is 0 Å². The molecule has 0 aliphatic carbocycles. The molecular weight excluding hydrogens is 212 g/mol. The molecule has 1 aromatic heterocycles. The van der Waals surface area contributed by atoms with E-state index in [-0.39, 0.29) is 0 Å². The summed E-state index contributed by atoms with van der Waals surface area (Å²) in [6.07, 6.45) is 14.7. The van der Waals surface area contributed by atoms with E-state index in [1.54, 1.807) is 12.5 Å². The van der Waals surface area contributed by atoms with E-state index in [0.717, 1.165) is 19.3 Å². The van der Waals surface area contributed by atoms with E-state index < -0.39 is 0 Å². The topological polar surface area (TPSA) is 34.9 Å². The van der Waals surface area contributed by atoms with Crippen molar-refractivity contribution >= 4 is 6.29 Å². The first kappa shape index (κ1) is 13.9. The zero-order valence-electron chi connectivity index (χ0n) is 10.9. The molecule has 0 fully saturated rings. The van der Waals surface area contributed by atoms with Gasteiger partial charge in [-0.2, -0.15) is 0 Å². The van der Waals surface area contributed by atoms with Gasteiger partial charge in [0.2, 0.25) is 0 Å². The lowest BCUT2D eigenvalue weighted by atomic mass is 10.1. The molecule has 96 valence electrons. The Kier molecular flexibility index (Phi) is 7.35. The molecule has 1 rings (SSSR count). The fourth-order valence-electron chi connectivity index (χ4n) is 2.03. The summed E-state index contributed by atoms with van der Waals surface area (Å²) in [7, 11) is 0. The van der Waals surface area contributed by atoms with Crippen LogP contribution in [0.5, 0.6) is 0 Å². The smallest absolute Gasteiger partial charge is 0.168 e. The van der Waals surface area contributed by atoms with Crippen molar-refractivity contribution in [3.63, 3.8) is 0 Å². The van der Waals surface area contributed by atoms with Crippen LogP contribution in [-0.2, 0) is 6.54 Å². The molecule has 17 heavy (non-hydrogen) atoms. The molecule has 0 aromatic carbocycles. The van der Waals surface area contributed by atoms with Crippen molar-refractivity contribution in [2.24, 2.45) is 0 Å². The molecule has 1 heterocycles. The summed E-state index contributed by atoms with van der Waals surface area (Å²) in [6.45, 7) is 3.17. The summed E-state index contributed by atoms with van der Waals surface area (Å²) in [5.74, 6) is 0. The van der Waals surface area contributed by atoms with Crippen LogP contribution in [0.4, 0.5) is 0 Å². The molecule has 3 nitrogen and oxygen atoms in total. The summed E-state index contributed by atoms with van der Waals surface area (Å²) in [4.78, 5) is 14.6. The average Bonchev–Trinajstić information content (AvgIpc) is 2.80. The minimum Gasteiger partial charge on any atom is -0.328 e. The fourth-order valence-corrected chi connectivity index (χ4v) is 2.03. The predicted molar refractivity (Wildman–Crippen MR) is 70.2 cm³/mol. The second kappa shape index (κ2) is 8.97. The molecule has 0 amide bonds. The van der Waals surface area contributed by atoms with Gasteiger partial charge in [-0.3, -0.25) is 4.79 Å². The number of aldehydes is 1. The minimum atomic E-state index is 0.688. The maximum Gasteiger partial charge on any atom is 0.168 e. The normalized spacial score (nSPS) is 10.6. The number of nitrogens with zero attached hydrogens (tertiary/aromatic N) is 2. The first-order valence-electron chi connectivity index (χ1n) is 6.83. The molecule has 0 aliphatic heterocycles. The molecule has 0 saturated carbocycles. The quantitative estimate of drug-likeness (QED) is 0.457. The van der Waals surface area contributed by atoms with Crippen molar-refractivity contribution in [3.8, 4) is 0 Å². The molecule has 0 saturated heterocycles. The molecule has 0 N–H and O–H groups in total. The lowest BCUT2D eigenvalue weighted by Crippen LogP contribution is -2.00. The van der Waals surface area contributed by atoms with E-state index in [9.17, 15) is 4.79 Å². The SMILES string of the molecule is CCCCCCCCCCn1cncc1C=O. The monoisotopic (exact) mass is 236 g/mol. The van der Waals surface area contributed by atoms with E-state index in [1.165, 1.54) is 44.9 Å². The van der Waals surface area contributed by atoms with Crippen LogP contribution in [0.15, 0.2) is 12.5 Å². The van der Waals surface area contributed by atoms with Gasteiger partial charge in [0.15, 0.2) is 6.29 Å². The lowest BCUT2D eigenvalue weighted by Gasteiger charge is -2.04. The van der Waals surface area contributed by atoms with Crippen LogP contribution in [0, 0.1) is 0 Å². The highest BCUT2D eigenvalue weighted by atomic mass is 16.1. The highest BCUT2D eigenvalue weighted by Gasteiger charge is 1.99. The number of carbonyl (C=O) groups excluding carboxylic acids is 1. The second-order valence-electron chi connectivity index (χ2n) is 4.60. The Bertz CT molecular complexity index is 307. The van der Waals surface area contributed by atoms with Crippen molar-refractivity contribution in [2.45, 2.75) is 64.8 Å². The van der Waals surface area contributed by atoms with Gasteiger partial charge in [0, 0.05) is 6.54 Å². The zero-order chi connectivity index (χ0) is 12.3. The molecular formula is C14H24N2O. The van der Waals surface area contributed by atoms with E-state index in [2.05, 4.69) is 11.9 Å². The third kappa shape index (κ3) is 5.66. The van der Waals surface area contributed by atoms with Crippen molar-refractivity contribution in [1.29, 1.82) is 0 Å². The van der Waals surface area contributed by atoms with Crippen molar-refractivity contribution in [1.82, 2.24) is 9.55 Å². The third-order valence-corrected chi connectivity index (χ3v) is 3.12. The van der Waals surface area contributed by atoms with Gasteiger partial charge in [0.05, 0.1) is 12.5 Å². The van der Waals surface area contributed by atoms with E-state index in [1.807, 2.05) is 4.57 Å². The van der Waals surface area contributed by atoms with Gasteiger partial charge >= 0.3 is 0 Å². The molecule has 0 radical (unpaired) electrons. The highest BCUT2D eigenvalue weighted by molar-refractivity contribution is 5.71. The van der Waals surface area contributed by atoms with Gasteiger partial charge in [-0.1, -0.05) is 51.9 Å². The van der Waals surface area contributed by atoms with Gasteiger partial charge in [-0.15, -0.1) is 0 Å². The molecule has 0 spiro atoms. The first-order valence-corrected chi connectivity index (χ1v) is 6.83. The van der Waals surface area contributed by atoms with Crippen LogP contribution in [0.3, 0.4) is 0 Å². The number of aromatic nitrogens is 2. The van der Waals surface area contributed by atoms with E-state index in [4.69, 9.17) is 0 Å². The van der Waals surface area contributed by atoms with Crippen LogP contribution in [0.2, 0.25) is 0 Å². The van der Waals surface area contributed by atoms with Crippen molar-refractivity contribution in [3.05, 3.63) is 18.2 Å². The Morgan fingerprint density at radius 3 is 2.41 bits per heavy atom. The number of carbonyl (C=O) groups is 1. The number of hydrogen-bond acceptors (Lipinski definition) is 2. The number of imidazole rings is 1. The number of rotatable bonds is 10. The largest absolute Gasteiger partial charge is 0.328 e. The second-order valence-corrected chi connectivity index (χ2v) is 4.60. The summed E-state index contributed by atoms with van der Waals surface area (Å²) < 4.78 is 1.93. The van der Waals surface area contributed by atoms with Gasteiger partial charge in [-0.05, 0) is 6.42 Å². The van der Waals surface area contributed by atoms with E-state index in [0.29, 0.717) is 5.69 Å². The van der Waals surface area contributed by atoms with Crippen LogP contribution in [-0.4, -0.2) is 15.8 Å². The minimum absolute atomic E-state index is 0.688. The van der Waals surface area contributed by atoms with E-state index >= 15 is 0 Å². The van der Waals surface area contributed by atoms with Gasteiger partial charge < -0.3 is 4.57 Å². The van der Waals surface area contributed by atoms with Crippen LogP contribution in [0.1, 0.15) is 68.8 Å². The van der Waals surface area contributed by atoms with Crippen LogP contribution >= 0.6 is 0 Å². The molecule has 3 heteroatoms. The molecule has 1 aromatic rings. The summed E-state index contributed by atoms with van der Waals surface area (Å²) in [5, 5.41) is 0. The third-order valence-electron chi connectivity index (χ3n) is 3.12. The average molecular weight is 236 g/mol. The van der Waals surface area contributed by atoms with Crippen molar-refractivity contribution < 1.29 is 4.79 Å². The van der Waals surface area contributed by atoms with Crippen LogP contribution in [0.25, 0.3) is 0 Å². The van der Waals surface area contributed by atoms with Crippen molar-refractivity contribution in [2.75, 3.05) is 0 Å². The molecule has 0 bridgehead atoms. The van der Waals surface area contributed by atoms with Gasteiger partial charge in [0.1, 0.15) is 5.69 Å². The Hall–Kier alpha value is -1.12. The maximum atomic E-state index is 10.7. The molecule has 0 unspecified atom stereocenters. The number of unbranched alkanes of at least 4 members (excludes halogenated alkanes) is 7.